The summed E-state index contributed by atoms with van der Waals surface area (Å²) < 4.78 is 0.625. The zero-order valence-corrected chi connectivity index (χ0v) is 10.3. The Morgan fingerprint density at radius 3 is 3.00 bits per heavy atom. The number of thiazole rings is 1. The molecule has 2 rings (SSSR count). The van der Waals surface area contributed by atoms with E-state index in [1.54, 1.807) is 17.5 Å². The summed E-state index contributed by atoms with van der Waals surface area (Å²) in [6.07, 6.45) is 2.65. The summed E-state index contributed by atoms with van der Waals surface area (Å²) >= 11 is 8.77. The summed E-state index contributed by atoms with van der Waals surface area (Å²) in [7, 11) is 0. The molecule has 2 nitrogen and oxygen atoms in total. The Balaban J connectivity index is 1.90. The van der Waals surface area contributed by atoms with Gasteiger partial charge in [-0.05, 0) is 35.2 Å². The van der Waals surface area contributed by atoms with Crippen LogP contribution < -0.4 is 0 Å². The highest BCUT2D eigenvalue weighted by Gasteiger charge is 2.11. The van der Waals surface area contributed by atoms with Crippen LogP contribution in [0, 0.1) is 0 Å². The second-order valence-electron chi connectivity index (χ2n) is 3.19. The summed E-state index contributed by atoms with van der Waals surface area (Å²) in [6.45, 7) is 0. The number of aromatic nitrogens is 1. The van der Waals surface area contributed by atoms with E-state index in [0.29, 0.717) is 15.8 Å². The third-order valence-electron chi connectivity index (χ3n) is 2.07. The molecule has 0 saturated heterocycles. The second-order valence-corrected chi connectivity index (χ2v) is 5.66. The van der Waals surface area contributed by atoms with Gasteiger partial charge in [0.15, 0.2) is 0 Å². The molecule has 2 aromatic heterocycles. The monoisotopic (exact) mass is 259 g/mol. The maximum absolute atomic E-state index is 9.83. The Bertz CT molecular complexity index is 413. The van der Waals surface area contributed by atoms with Crippen molar-refractivity contribution in [1.29, 1.82) is 0 Å². The van der Waals surface area contributed by atoms with Crippen LogP contribution in [0.4, 0.5) is 0 Å². The summed E-state index contributed by atoms with van der Waals surface area (Å²) in [5.41, 5.74) is 1.27. The molecule has 0 saturated carbocycles. The van der Waals surface area contributed by atoms with E-state index in [1.807, 2.05) is 5.38 Å². The summed E-state index contributed by atoms with van der Waals surface area (Å²) in [4.78, 5) is 4.05. The molecule has 0 radical (unpaired) electrons. The van der Waals surface area contributed by atoms with Crippen LogP contribution in [0.15, 0.2) is 23.0 Å². The van der Waals surface area contributed by atoms with Crippen molar-refractivity contribution in [2.24, 2.45) is 0 Å². The third kappa shape index (κ3) is 3.01. The highest BCUT2D eigenvalue weighted by molar-refractivity contribution is 7.15. The van der Waals surface area contributed by atoms with E-state index in [-0.39, 0.29) is 0 Å². The fourth-order valence-corrected chi connectivity index (χ4v) is 2.94. The zero-order chi connectivity index (χ0) is 10.7. The van der Waals surface area contributed by atoms with E-state index in [2.05, 4.69) is 16.4 Å². The van der Waals surface area contributed by atoms with Gasteiger partial charge in [0.2, 0.25) is 0 Å². The van der Waals surface area contributed by atoms with Crippen molar-refractivity contribution >= 4 is 34.3 Å². The molecule has 0 amide bonds. The molecular formula is C10H10ClNOS2. The number of aryl methyl sites for hydroxylation is 1. The van der Waals surface area contributed by atoms with Gasteiger partial charge in [0.25, 0.3) is 0 Å². The third-order valence-corrected chi connectivity index (χ3v) is 4.02. The number of rotatable bonds is 4. The van der Waals surface area contributed by atoms with Crippen LogP contribution in [0.2, 0.25) is 4.34 Å². The predicted molar refractivity (Wildman–Crippen MR) is 64.7 cm³/mol. The first kappa shape index (κ1) is 11.1. The molecule has 1 atom stereocenters. The molecule has 15 heavy (non-hydrogen) atoms. The molecule has 0 aliphatic rings. The van der Waals surface area contributed by atoms with Crippen LogP contribution in [0.3, 0.4) is 0 Å². The molecule has 1 N–H and O–H groups in total. The van der Waals surface area contributed by atoms with Gasteiger partial charge in [0.05, 0.1) is 6.20 Å². The van der Waals surface area contributed by atoms with Gasteiger partial charge in [0.1, 0.15) is 15.4 Å². The smallest absolute Gasteiger partial charge is 0.123 e. The van der Waals surface area contributed by atoms with Gasteiger partial charge < -0.3 is 5.11 Å². The minimum absolute atomic E-state index is 0.498. The van der Waals surface area contributed by atoms with Crippen LogP contribution in [0.5, 0.6) is 0 Å². The highest BCUT2D eigenvalue weighted by atomic mass is 35.5. The van der Waals surface area contributed by atoms with Crippen LogP contribution in [-0.4, -0.2) is 10.1 Å². The minimum Gasteiger partial charge on any atom is -0.386 e. The lowest BCUT2D eigenvalue weighted by molar-refractivity contribution is 0.167. The number of aliphatic hydroxyl groups excluding tert-OH is 1. The van der Waals surface area contributed by atoms with Crippen molar-refractivity contribution in [3.8, 4) is 0 Å². The molecule has 0 aromatic carbocycles. The molecule has 0 spiro atoms. The lowest BCUT2D eigenvalue weighted by Crippen LogP contribution is -1.98. The summed E-state index contributed by atoms with van der Waals surface area (Å²) in [6, 6.07) is 2.08. The zero-order valence-electron chi connectivity index (χ0n) is 7.89. The van der Waals surface area contributed by atoms with Gasteiger partial charge in [0, 0.05) is 0 Å². The Kier molecular flexibility index (Phi) is 3.75. The fraction of sp³-hybridized carbons (Fsp3) is 0.300. The first-order chi connectivity index (χ1) is 7.25. The molecule has 80 valence electrons. The molecule has 1 unspecified atom stereocenters. The normalized spacial score (nSPS) is 12.9. The van der Waals surface area contributed by atoms with Crippen molar-refractivity contribution in [3.05, 3.63) is 37.9 Å². The number of hydrogen-bond acceptors (Lipinski definition) is 4. The van der Waals surface area contributed by atoms with E-state index in [4.69, 9.17) is 11.6 Å². The van der Waals surface area contributed by atoms with Crippen molar-refractivity contribution in [2.75, 3.05) is 0 Å². The van der Waals surface area contributed by atoms with E-state index in [9.17, 15) is 5.11 Å². The summed E-state index contributed by atoms with van der Waals surface area (Å²) in [5, 5.41) is 14.7. The van der Waals surface area contributed by atoms with Gasteiger partial charge >= 0.3 is 0 Å². The van der Waals surface area contributed by atoms with Gasteiger partial charge in [-0.3, -0.25) is 0 Å². The average Bonchev–Trinajstić information content (AvgIpc) is 2.84. The van der Waals surface area contributed by atoms with Gasteiger partial charge in [-0.25, -0.2) is 4.98 Å². The Hall–Kier alpha value is -0.420. The number of halogens is 1. The second kappa shape index (κ2) is 5.07. The molecular weight excluding hydrogens is 250 g/mol. The molecule has 2 aromatic rings. The SMILES string of the molecule is OC(CCc1ccsc1)c1ncc(Cl)s1. The van der Waals surface area contributed by atoms with Crippen molar-refractivity contribution in [2.45, 2.75) is 18.9 Å². The highest BCUT2D eigenvalue weighted by Crippen LogP contribution is 2.26. The van der Waals surface area contributed by atoms with Crippen molar-refractivity contribution in [3.63, 3.8) is 0 Å². The van der Waals surface area contributed by atoms with E-state index in [1.165, 1.54) is 16.9 Å². The molecule has 2 heterocycles. The lowest BCUT2D eigenvalue weighted by atomic mass is 10.1. The largest absolute Gasteiger partial charge is 0.386 e. The molecule has 5 heteroatoms. The van der Waals surface area contributed by atoms with Crippen LogP contribution >= 0.6 is 34.3 Å². The predicted octanol–water partition coefficient (Wildman–Crippen LogP) is 3.52. The Morgan fingerprint density at radius 2 is 2.40 bits per heavy atom. The van der Waals surface area contributed by atoms with Crippen molar-refractivity contribution in [1.82, 2.24) is 4.98 Å². The number of thiophene rings is 1. The number of hydrogen-bond donors (Lipinski definition) is 1. The number of nitrogens with zero attached hydrogens (tertiary/aromatic N) is 1. The maximum Gasteiger partial charge on any atom is 0.123 e. The van der Waals surface area contributed by atoms with E-state index >= 15 is 0 Å². The van der Waals surface area contributed by atoms with Crippen molar-refractivity contribution < 1.29 is 5.11 Å². The molecule has 0 fully saturated rings. The lowest BCUT2D eigenvalue weighted by Gasteiger charge is -2.05. The topological polar surface area (TPSA) is 33.1 Å². The van der Waals surface area contributed by atoms with Gasteiger partial charge in [-0.2, -0.15) is 11.3 Å². The van der Waals surface area contributed by atoms with E-state index < -0.39 is 6.10 Å². The van der Waals surface area contributed by atoms with E-state index in [0.717, 1.165) is 6.42 Å². The maximum atomic E-state index is 9.83. The Labute approximate surface area is 101 Å². The fourth-order valence-electron chi connectivity index (χ4n) is 1.28. The van der Waals surface area contributed by atoms with Crippen LogP contribution in [0.1, 0.15) is 23.1 Å². The molecule has 0 aliphatic heterocycles. The average molecular weight is 260 g/mol. The number of aliphatic hydroxyl groups is 1. The molecule has 0 aliphatic carbocycles. The molecule has 0 bridgehead atoms. The quantitative estimate of drug-likeness (QED) is 0.911. The first-order valence-electron chi connectivity index (χ1n) is 4.56. The Morgan fingerprint density at radius 1 is 1.53 bits per heavy atom. The van der Waals surface area contributed by atoms with Crippen LogP contribution in [-0.2, 0) is 6.42 Å². The minimum atomic E-state index is -0.498. The van der Waals surface area contributed by atoms with Gasteiger partial charge in [-0.1, -0.05) is 11.6 Å². The summed E-state index contributed by atoms with van der Waals surface area (Å²) in [5.74, 6) is 0. The first-order valence-corrected chi connectivity index (χ1v) is 6.70. The van der Waals surface area contributed by atoms with Crippen LogP contribution in [0.25, 0.3) is 0 Å². The van der Waals surface area contributed by atoms with Gasteiger partial charge in [-0.15, -0.1) is 11.3 Å². The standard InChI is InChI=1S/C10H10ClNOS2/c11-9-5-12-10(15-9)8(13)2-1-7-3-4-14-6-7/h3-6,8,13H,1-2H2.